The highest BCUT2D eigenvalue weighted by Crippen LogP contribution is 2.32. The van der Waals surface area contributed by atoms with E-state index in [1.807, 2.05) is 50.4 Å². The lowest BCUT2D eigenvalue weighted by molar-refractivity contribution is 0.0951. The number of hydrogen-bond acceptors (Lipinski definition) is 4. The van der Waals surface area contributed by atoms with Crippen molar-refractivity contribution in [1.29, 1.82) is 0 Å². The van der Waals surface area contributed by atoms with Crippen molar-refractivity contribution < 1.29 is 14.3 Å². The molecule has 2 N–H and O–H groups in total. The number of carbonyl (C=O) groups excluding carboxylic acids is 1. The van der Waals surface area contributed by atoms with Crippen LogP contribution in [0.4, 0.5) is 0 Å². The molecule has 0 heterocycles. The lowest BCUT2D eigenvalue weighted by Crippen LogP contribution is -2.30. The monoisotopic (exact) mass is 350 g/mol. The third kappa shape index (κ3) is 5.44. The number of rotatable bonds is 8. The molecule has 2 aromatic rings. The van der Waals surface area contributed by atoms with Gasteiger partial charge in [-0.2, -0.15) is 0 Å². The van der Waals surface area contributed by atoms with Gasteiger partial charge in [0, 0.05) is 13.1 Å². The molecule has 0 spiro atoms. The number of carbonyl (C=O) groups is 1. The molecule has 0 aliphatic rings. The standard InChI is InChI=1S/C18H22N2O3.ClH/c1-3-22-16-10-6-7-11-17(16)23-15-9-5-4-8-14(15)18(21)20-13-12-19-2;/h4-11,19H,3,12-13H2,1-2H3,(H,20,21);1H. The quantitative estimate of drug-likeness (QED) is 0.717. The van der Waals surface area contributed by atoms with Crippen molar-refractivity contribution in [2.24, 2.45) is 0 Å². The number of benzene rings is 2. The maximum absolute atomic E-state index is 12.3. The Balaban J connectivity index is 0.00000288. The Morgan fingerprint density at radius 1 is 0.958 bits per heavy atom. The maximum Gasteiger partial charge on any atom is 0.255 e. The van der Waals surface area contributed by atoms with Crippen LogP contribution in [-0.2, 0) is 0 Å². The molecule has 0 aliphatic carbocycles. The second-order valence-corrected chi connectivity index (χ2v) is 4.84. The summed E-state index contributed by atoms with van der Waals surface area (Å²) in [5.74, 6) is 1.58. The van der Waals surface area contributed by atoms with E-state index in [0.29, 0.717) is 42.5 Å². The van der Waals surface area contributed by atoms with E-state index in [9.17, 15) is 4.79 Å². The van der Waals surface area contributed by atoms with Gasteiger partial charge >= 0.3 is 0 Å². The van der Waals surface area contributed by atoms with E-state index in [4.69, 9.17) is 9.47 Å². The van der Waals surface area contributed by atoms with Crippen molar-refractivity contribution in [2.45, 2.75) is 6.92 Å². The third-order valence-electron chi connectivity index (χ3n) is 3.16. The Morgan fingerprint density at radius 2 is 1.58 bits per heavy atom. The molecular formula is C18H23ClN2O3. The van der Waals surface area contributed by atoms with Gasteiger partial charge in [-0.15, -0.1) is 12.4 Å². The molecule has 0 fully saturated rings. The van der Waals surface area contributed by atoms with Gasteiger partial charge in [0.05, 0.1) is 12.2 Å². The molecule has 0 radical (unpaired) electrons. The normalized spacial score (nSPS) is 9.75. The largest absolute Gasteiger partial charge is 0.490 e. The van der Waals surface area contributed by atoms with Crippen molar-refractivity contribution >= 4 is 18.3 Å². The number of halogens is 1. The molecule has 130 valence electrons. The SMILES string of the molecule is CCOc1ccccc1Oc1ccccc1C(=O)NCCNC.Cl. The minimum atomic E-state index is -0.162. The molecule has 0 bridgehead atoms. The van der Waals surface area contributed by atoms with E-state index in [-0.39, 0.29) is 18.3 Å². The Morgan fingerprint density at radius 3 is 2.25 bits per heavy atom. The summed E-state index contributed by atoms with van der Waals surface area (Å²) in [7, 11) is 1.84. The van der Waals surface area contributed by atoms with E-state index in [1.165, 1.54) is 0 Å². The molecule has 2 rings (SSSR count). The van der Waals surface area contributed by atoms with Gasteiger partial charge in [-0.05, 0) is 38.2 Å². The average Bonchev–Trinajstić information content (AvgIpc) is 2.57. The van der Waals surface area contributed by atoms with Gasteiger partial charge in [-0.1, -0.05) is 24.3 Å². The van der Waals surface area contributed by atoms with E-state index in [0.717, 1.165) is 0 Å². The van der Waals surface area contributed by atoms with Crippen LogP contribution in [0.15, 0.2) is 48.5 Å². The van der Waals surface area contributed by atoms with Gasteiger partial charge in [0.2, 0.25) is 0 Å². The van der Waals surface area contributed by atoms with Crippen molar-refractivity contribution in [1.82, 2.24) is 10.6 Å². The summed E-state index contributed by atoms with van der Waals surface area (Å²) in [5, 5.41) is 5.84. The van der Waals surface area contributed by atoms with Gasteiger partial charge in [-0.3, -0.25) is 4.79 Å². The van der Waals surface area contributed by atoms with Crippen LogP contribution in [0, 0.1) is 0 Å². The molecule has 0 saturated carbocycles. The third-order valence-corrected chi connectivity index (χ3v) is 3.16. The predicted octanol–water partition coefficient (Wildman–Crippen LogP) is 3.25. The number of para-hydroxylation sites is 3. The van der Waals surface area contributed by atoms with Crippen molar-refractivity contribution in [3.63, 3.8) is 0 Å². The summed E-state index contributed by atoms with van der Waals surface area (Å²) >= 11 is 0. The Bertz CT molecular complexity index is 650. The summed E-state index contributed by atoms with van der Waals surface area (Å²) < 4.78 is 11.5. The summed E-state index contributed by atoms with van der Waals surface area (Å²) in [5.41, 5.74) is 0.495. The van der Waals surface area contributed by atoms with Crippen LogP contribution in [0.3, 0.4) is 0 Å². The van der Waals surface area contributed by atoms with Gasteiger partial charge in [-0.25, -0.2) is 0 Å². The first-order chi connectivity index (χ1) is 11.3. The zero-order valence-electron chi connectivity index (χ0n) is 13.9. The fourth-order valence-corrected chi connectivity index (χ4v) is 2.07. The van der Waals surface area contributed by atoms with Gasteiger partial charge in [0.1, 0.15) is 5.75 Å². The highest BCUT2D eigenvalue weighted by atomic mass is 35.5. The lowest BCUT2D eigenvalue weighted by atomic mass is 10.2. The molecule has 5 nitrogen and oxygen atoms in total. The lowest BCUT2D eigenvalue weighted by Gasteiger charge is -2.14. The molecule has 0 unspecified atom stereocenters. The van der Waals surface area contributed by atoms with Gasteiger partial charge < -0.3 is 20.1 Å². The van der Waals surface area contributed by atoms with Crippen molar-refractivity contribution in [3.05, 3.63) is 54.1 Å². The molecule has 2 aromatic carbocycles. The summed E-state index contributed by atoms with van der Waals surface area (Å²) in [4.78, 5) is 12.3. The van der Waals surface area contributed by atoms with Crippen molar-refractivity contribution in [2.75, 3.05) is 26.7 Å². The highest BCUT2D eigenvalue weighted by molar-refractivity contribution is 5.97. The Labute approximate surface area is 148 Å². The van der Waals surface area contributed by atoms with Crippen LogP contribution in [0.2, 0.25) is 0 Å². The van der Waals surface area contributed by atoms with Crippen LogP contribution < -0.4 is 20.1 Å². The van der Waals surface area contributed by atoms with Gasteiger partial charge in [0.25, 0.3) is 5.91 Å². The number of likely N-dealkylation sites (N-methyl/N-ethyl adjacent to an activating group) is 1. The molecule has 24 heavy (non-hydrogen) atoms. The first kappa shape index (κ1) is 19.8. The first-order valence-corrected chi connectivity index (χ1v) is 7.67. The van der Waals surface area contributed by atoms with E-state index in [1.54, 1.807) is 12.1 Å². The average molecular weight is 351 g/mol. The predicted molar refractivity (Wildman–Crippen MR) is 97.6 cm³/mol. The van der Waals surface area contributed by atoms with Crippen LogP contribution in [-0.4, -0.2) is 32.7 Å². The summed E-state index contributed by atoms with van der Waals surface area (Å²) in [6.07, 6.45) is 0. The number of nitrogens with one attached hydrogen (secondary N) is 2. The second kappa shape index (κ2) is 10.5. The fourth-order valence-electron chi connectivity index (χ4n) is 2.07. The first-order valence-electron chi connectivity index (χ1n) is 7.67. The van der Waals surface area contributed by atoms with Crippen LogP contribution >= 0.6 is 12.4 Å². The van der Waals surface area contributed by atoms with Gasteiger partial charge in [0.15, 0.2) is 11.5 Å². The molecule has 0 aliphatic heterocycles. The number of hydrogen-bond donors (Lipinski definition) is 2. The second-order valence-electron chi connectivity index (χ2n) is 4.84. The molecule has 6 heteroatoms. The van der Waals surface area contributed by atoms with Crippen molar-refractivity contribution in [3.8, 4) is 17.2 Å². The molecule has 0 atom stereocenters. The van der Waals surface area contributed by atoms with E-state index < -0.39 is 0 Å². The molecule has 0 saturated heterocycles. The summed E-state index contributed by atoms with van der Waals surface area (Å²) in [6.45, 7) is 3.73. The molecular weight excluding hydrogens is 328 g/mol. The minimum Gasteiger partial charge on any atom is -0.490 e. The Kier molecular flexibility index (Phi) is 8.68. The number of ether oxygens (including phenoxy) is 2. The number of amides is 1. The maximum atomic E-state index is 12.3. The zero-order chi connectivity index (χ0) is 16.5. The smallest absolute Gasteiger partial charge is 0.255 e. The zero-order valence-corrected chi connectivity index (χ0v) is 14.7. The minimum absolute atomic E-state index is 0. The van der Waals surface area contributed by atoms with Crippen LogP contribution in [0.5, 0.6) is 17.2 Å². The van der Waals surface area contributed by atoms with E-state index in [2.05, 4.69) is 10.6 Å². The summed E-state index contributed by atoms with van der Waals surface area (Å²) in [6, 6.07) is 14.6. The molecule has 0 aromatic heterocycles. The molecule has 1 amide bonds. The topological polar surface area (TPSA) is 59.6 Å². The highest BCUT2D eigenvalue weighted by Gasteiger charge is 2.14. The van der Waals surface area contributed by atoms with Crippen LogP contribution in [0.25, 0.3) is 0 Å². The van der Waals surface area contributed by atoms with E-state index >= 15 is 0 Å². The fraction of sp³-hybridized carbons (Fsp3) is 0.278. The Hall–Kier alpha value is -2.24. The van der Waals surface area contributed by atoms with Crippen LogP contribution in [0.1, 0.15) is 17.3 Å².